The third-order valence-electron chi connectivity index (χ3n) is 3.30. The van der Waals surface area contributed by atoms with E-state index in [-0.39, 0.29) is 6.54 Å². The average Bonchev–Trinajstić information content (AvgIpc) is 2.44. The van der Waals surface area contributed by atoms with Crippen molar-refractivity contribution in [2.75, 3.05) is 0 Å². The molecule has 112 valence electrons. The highest BCUT2D eigenvalue weighted by molar-refractivity contribution is 7.89. The smallest absolute Gasteiger partial charge is 0.240 e. The molecule has 0 bridgehead atoms. The molecule has 0 spiro atoms. The van der Waals surface area contributed by atoms with Crippen LogP contribution in [-0.2, 0) is 23.1 Å². The molecular weight excluding hydrogens is 284 g/mol. The number of sulfonamides is 1. The van der Waals surface area contributed by atoms with Gasteiger partial charge in [-0.2, -0.15) is 0 Å². The van der Waals surface area contributed by atoms with Crippen LogP contribution in [0.3, 0.4) is 0 Å². The second-order valence-electron chi connectivity index (χ2n) is 5.12. The lowest BCUT2D eigenvalue weighted by Crippen LogP contribution is -2.24. The van der Waals surface area contributed by atoms with Gasteiger partial charge in [0.1, 0.15) is 0 Å². The van der Waals surface area contributed by atoms with Gasteiger partial charge in [-0.1, -0.05) is 30.3 Å². The lowest BCUT2D eigenvalue weighted by molar-refractivity contribution is 0.581. The number of aryl methyl sites for hydroxylation is 2. The van der Waals surface area contributed by atoms with Crippen LogP contribution in [0.15, 0.2) is 47.4 Å². The Hall–Kier alpha value is -1.69. The molecule has 0 aliphatic rings. The van der Waals surface area contributed by atoms with Crippen molar-refractivity contribution in [3.8, 4) is 0 Å². The highest BCUT2D eigenvalue weighted by Gasteiger charge is 2.15. The molecule has 21 heavy (non-hydrogen) atoms. The van der Waals surface area contributed by atoms with Crippen molar-refractivity contribution in [1.82, 2.24) is 4.72 Å². The third-order valence-corrected chi connectivity index (χ3v) is 4.68. The molecule has 0 radical (unpaired) electrons. The Bertz CT molecular complexity index is 719. The Balaban J connectivity index is 2.22. The number of nitrogens with one attached hydrogen (secondary N) is 1. The van der Waals surface area contributed by atoms with Crippen molar-refractivity contribution in [1.29, 1.82) is 0 Å². The first-order chi connectivity index (χ1) is 9.92. The maximum atomic E-state index is 12.4. The summed E-state index contributed by atoms with van der Waals surface area (Å²) in [5, 5.41) is 0. The first-order valence-corrected chi connectivity index (χ1v) is 8.25. The van der Waals surface area contributed by atoms with E-state index < -0.39 is 10.0 Å². The Morgan fingerprint density at radius 1 is 1.00 bits per heavy atom. The van der Waals surface area contributed by atoms with Crippen LogP contribution >= 0.6 is 0 Å². The largest absolute Gasteiger partial charge is 0.326 e. The summed E-state index contributed by atoms with van der Waals surface area (Å²) in [6.07, 6.45) is 0. The van der Waals surface area contributed by atoms with Gasteiger partial charge >= 0.3 is 0 Å². The Kier molecular flexibility index (Phi) is 4.77. The van der Waals surface area contributed by atoms with Gasteiger partial charge in [0.15, 0.2) is 0 Å². The molecule has 0 saturated carbocycles. The van der Waals surface area contributed by atoms with Crippen LogP contribution < -0.4 is 10.5 Å². The quantitative estimate of drug-likeness (QED) is 0.890. The zero-order valence-corrected chi connectivity index (χ0v) is 13.1. The van der Waals surface area contributed by atoms with Crippen LogP contribution in [0.1, 0.15) is 22.3 Å². The van der Waals surface area contributed by atoms with Crippen LogP contribution in [0.25, 0.3) is 0 Å². The Labute approximate surface area is 126 Å². The fraction of sp³-hybridized carbons (Fsp3) is 0.250. The van der Waals surface area contributed by atoms with Gasteiger partial charge in [-0.3, -0.25) is 0 Å². The van der Waals surface area contributed by atoms with E-state index in [0.29, 0.717) is 11.4 Å². The molecule has 2 rings (SSSR count). The van der Waals surface area contributed by atoms with Gasteiger partial charge < -0.3 is 5.73 Å². The van der Waals surface area contributed by atoms with Gasteiger partial charge in [0, 0.05) is 13.1 Å². The summed E-state index contributed by atoms with van der Waals surface area (Å²) in [6, 6.07) is 12.8. The summed E-state index contributed by atoms with van der Waals surface area (Å²) in [7, 11) is -3.52. The van der Waals surface area contributed by atoms with Crippen molar-refractivity contribution in [2.45, 2.75) is 31.8 Å². The van der Waals surface area contributed by atoms with E-state index in [1.165, 1.54) is 0 Å². The van der Waals surface area contributed by atoms with E-state index in [9.17, 15) is 8.42 Å². The fourth-order valence-electron chi connectivity index (χ4n) is 2.27. The molecule has 0 heterocycles. The molecule has 2 aromatic rings. The number of hydrogen-bond donors (Lipinski definition) is 2. The second-order valence-corrected chi connectivity index (χ2v) is 6.89. The molecule has 0 unspecified atom stereocenters. The van der Waals surface area contributed by atoms with E-state index in [1.807, 2.05) is 44.2 Å². The van der Waals surface area contributed by atoms with E-state index >= 15 is 0 Å². The molecule has 0 amide bonds. The van der Waals surface area contributed by atoms with E-state index in [2.05, 4.69) is 4.72 Å². The van der Waals surface area contributed by atoms with Gasteiger partial charge in [0.25, 0.3) is 0 Å². The zero-order valence-electron chi connectivity index (χ0n) is 12.3. The van der Waals surface area contributed by atoms with Crippen LogP contribution in [0, 0.1) is 13.8 Å². The first-order valence-electron chi connectivity index (χ1n) is 6.77. The molecule has 0 aliphatic carbocycles. The topological polar surface area (TPSA) is 72.2 Å². The van der Waals surface area contributed by atoms with Gasteiger partial charge in [-0.15, -0.1) is 0 Å². The predicted molar refractivity (Wildman–Crippen MR) is 84.3 cm³/mol. The van der Waals surface area contributed by atoms with E-state index in [0.717, 1.165) is 22.3 Å². The number of nitrogens with two attached hydrogens (primary N) is 1. The number of benzene rings is 2. The van der Waals surface area contributed by atoms with E-state index in [4.69, 9.17) is 5.73 Å². The normalized spacial score (nSPS) is 11.6. The second kappa shape index (κ2) is 6.39. The SMILES string of the molecule is Cc1cc(C)cc(S(=O)(=O)NCc2ccccc2CN)c1. The number of rotatable bonds is 5. The summed E-state index contributed by atoms with van der Waals surface area (Å²) >= 11 is 0. The summed E-state index contributed by atoms with van der Waals surface area (Å²) in [4.78, 5) is 0.297. The molecule has 0 atom stereocenters. The predicted octanol–water partition coefficient (Wildman–Crippen LogP) is 2.24. The summed E-state index contributed by atoms with van der Waals surface area (Å²) in [5.41, 5.74) is 9.36. The van der Waals surface area contributed by atoms with Crippen LogP contribution in [0.5, 0.6) is 0 Å². The lowest BCUT2D eigenvalue weighted by Gasteiger charge is -2.11. The summed E-state index contributed by atoms with van der Waals surface area (Å²) in [6.45, 7) is 4.40. The van der Waals surface area contributed by atoms with Gasteiger partial charge in [0.2, 0.25) is 10.0 Å². The van der Waals surface area contributed by atoms with Crippen LogP contribution in [0.2, 0.25) is 0 Å². The number of hydrogen-bond acceptors (Lipinski definition) is 3. The monoisotopic (exact) mass is 304 g/mol. The van der Waals surface area contributed by atoms with Gasteiger partial charge in [0.05, 0.1) is 4.90 Å². The van der Waals surface area contributed by atoms with Crippen molar-refractivity contribution in [2.24, 2.45) is 5.73 Å². The van der Waals surface area contributed by atoms with Crippen molar-refractivity contribution >= 4 is 10.0 Å². The summed E-state index contributed by atoms with van der Waals surface area (Å²) < 4.78 is 27.4. The first kappa shape index (κ1) is 15.7. The molecule has 2 aromatic carbocycles. The molecule has 3 N–H and O–H groups in total. The molecule has 0 aliphatic heterocycles. The summed E-state index contributed by atoms with van der Waals surface area (Å²) in [5.74, 6) is 0. The molecule has 5 heteroatoms. The maximum absolute atomic E-state index is 12.4. The van der Waals surface area contributed by atoms with E-state index in [1.54, 1.807) is 12.1 Å². The van der Waals surface area contributed by atoms with Crippen molar-refractivity contribution < 1.29 is 8.42 Å². The molecular formula is C16H20N2O2S. The van der Waals surface area contributed by atoms with Gasteiger partial charge in [-0.05, 0) is 48.2 Å². The Morgan fingerprint density at radius 2 is 1.57 bits per heavy atom. The fourth-order valence-corrected chi connectivity index (χ4v) is 3.47. The highest BCUT2D eigenvalue weighted by atomic mass is 32.2. The molecule has 4 nitrogen and oxygen atoms in total. The zero-order chi connectivity index (χ0) is 15.5. The average molecular weight is 304 g/mol. The van der Waals surface area contributed by atoms with Crippen molar-refractivity contribution in [3.63, 3.8) is 0 Å². The lowest BCUT2D eigenvalue weighted by atomic mass is 10.1. The third kappa shape index (κ3) is 3.91. The standard InChI is InChI=1S/C16H20N2O2S/c1-12-7-13(2)9-16(8-12)21(19,20)18-11-15-6-4-3-5-14(15)10-17/h3-9,18H,10-11,17H2,1-2H3. The van der Waals surface area contributed by atoms with Crippen LogP contribution in [-0.4, -0.2) is 8.42 Å². The highest BCUT2D eigenvalue weighted by Crippen LogP contribution is 2.15. The minimum atomic E-state index is -3.52. The minimum Gasteiger partial charge on any atom is -0.326 e. The minimum absolute atomic E-state index is 0.239. The molecule has 0 aromatic heterocycles. The van der Waals surface area contributed by atoms with Crippen molar-refractivity contribution in [3.05, 3.63) is 64.7 Å². The molecule has 0 fully saturated rings. The van der Waals surface area contributed by atoms with Crippen LogP contribution in [0.4, 0.5) is 0 Å². The maximum Gasteiger partial charge on any atom is 0.240 e. The van der Waals surface area contributed by atoms with Gasteiger partial charge in [-0.25, -0.2) is 13.1 Å². The Morgan fingerprint density at radius 3 is 2.14 bits per heavy atom. The molecule has 0 saturated heterocycles.